The molecule has 88 valence electrons. The molecule has 1 aromatic rings. The Balaban J connectivity index is 3.19. The molecule has 0 bridgehead atoms. The molecule has 0 fully saturated rings. The normalized spacial score (nSPS) is 12.6. The van der Waals surface area contributed by atoms with Gasteiger partial charge in [-0.1, -0.05) is 17.7 Å². The highest BCUT2D eigenvalue weighted by Gasteiger charge is 2.24. The molecule has 6 heteroatoms. The van der Waals surface area contributed by atoms with Gasteiger partial charge in [0.05, 0.1) is 7.11 Å². The Bertz CT molecular complexity index is 396. The van der Waals surface area contributed by atoms with Gasteiger partial charge in [0.15, 0.2) is 6.10 Å². The molecule has 1 atom stereocenters. The molecule has 1 aromatic carbocycles. The molecule has 1 N–H and O–H groups in total. The van der Waals surface area contributed by atoms with Gasteiger partial charge in [-0.3, -0.25) is 0 Å². The number of aliphatic hydroxyl groups excluding tert-OH is 1. The molecule has 0 aromatic heterocycles. The van der Waals surface area contributed by atoms with E-state index in [1.165, 1.54) is 6.07 Å². The van der Waals surface area contributed by atoms with Gasteiger partial charge in [0.1, 0.15) is 0 Å². The molecular formula is C10H9ClF2O3. The molecule has 0 saturated heterocycles. The second-order valence-electron chi connectivity index (χ2n) is 3.00. The number of benzene rings is 1. The number of hydrogen-bond donors (Lipinski definition) is 1. The highest BCUT2D eigenvalue weighted by atomic mass is 35.5. The molecule has 16 heavy (non-hydrogen) atoms. The van der Waals surface area contributed by atoms with Crippen LogP contribution in [0.3, 0.4) is 0 Å². The predicted octanol–water partition coefficient (Wildman–Crippen LogP) is 2.48. The number of methoxy groups -OCH3 is 1. The third-order valence-corrected chi connectivity index (χ3v) is 2.24. The van der Waals surface area contributed by atoms with Crippen molar-refractivity contribution in [3.8, 4) is 0 Å². The summed E-state index contributed by atoms with van der Waals surface area (Å²) >= 11 is 5.61. The minimum atomic E-state index is -2.80. The number of carbonyl (C=O) groups is 1. The van der Waals surface area contributed by atoms with E-state index in [-0.39, 0.29) is 10.6 Å². The predicted molar refractivity (Wildman–Crippen MR) is 53.4 cm³/mol. The van der Waals surface area contributed by atoms with Crippen molar-refractivity contribution in [1.82, 2.24) is 0 Å². The minimum absolute atomic E-state index is 0.155. The Morgan fingerprint density at radius 2 is 2.06 bits per heavy atom. The van der Waals surface area contributed by atoms with Crippen LogP contribution in [0.25, 0.3) is 0 Å². The third kappa shape index (κ3) is 2.68. The molecule has 1 rings (SSSR count). The molecule has 0 aliphatic carbocycles. The molecule has 0 heterocycles. The lowest BCUT2D eigenvalue weighted by atomic mass is 10.0. The summed E-state index contributed by atoms with van der Waals surface area (Å²) < 4.78 is 29.4. The summed E-state index contributed by atoms with van der Waals surface area (Å²) in [4.78, 5) is 11.0. The lowest BCUT2D eigenvalue weighted by Gasteiger charge is -2.13. The Morgan fingerprint density at radius 1 is 1.44 bits per heavy atom. The van der Waals surface area contributed by atoms with Gasteiger partial charge >= 0.3 is 5.97 Å². The standard InChI is InChI=1S/C10H9ClF2O3/c1-16-10(15)8(14)7-4-5(11)2-3-6(7)9(12)13/h2-4,8-9,14H,1H3. The smallest absolute Gasteiger partial charge is 0.339 e. The van der Waals surface area contributed by atoms with Crippen LogP contribution in [0.15, 0.2) is 18.2 Å². The maximum Gasteiger partial charge on any atom is 0.339 e. The van der Waals surface area contributed by atoms with E-state index >= 15 is 0 Å². The summed E-state index contributed by atoms with van der Waals surface area (Å²) in [6.45, 7) is 0. The highest BCUT2D eigenvalue weighted by Crippen LogP contribution is 2.30. The second kappa shape index (κ2) is 5.23. The van der Waals surface area contributed by atoms with E-state index in [1.807, 2.05) is 0 Å². The van der Waals surface area contributed by atoms with Crippen LogP contribution in [0.1, 0.15) is 23.7 Å². The molecule has 0 saturated carbocycles. The summed E-state index contributed by atoms with van der Waals surface area (Å²) in [6.07, 6.45) is -4.56. The fraction of sp³-hybridized carbons (Fsp3) is 0.300. The number of aliphatic hydroxyl groups is 1. The minimum Gasteiger partial charge on any atom is -0.467 e. The largest absolute Gasteiger partial charge is 0.467 e. The van der Waals surface area contributed by atoms with Crippen molar-refractivity contribution in [2.45, 2.75) is 12.5 Å². The van der Waals surface area contributed by atoms with Gasteiger partial charge in [-0.15, -0.1) is 0 Å². The first-order valence-electron chi connectivity index (χ1n) is 4.30. The van der Waals surface area contributed by atoms with Crippen LogP contribution in [-0.2, 0) is 9.53 Å². The van der Waals surface area contributed by atoms with Crippen LogP contribution in [0.5, 0.6) is 0 Å². The van der Waals surface area contributed by atoms with Gasteiger partial charge in [0.2, 0.25) is 0 Å². The topological polar surface area (TPSA) is 46.5 Å². The first-order chi connectivity index (χ1) is 7.47. The fourth-order valence-corrected chi connectivity index (χ4v) is 1.40. The van der Waals surface area contributed by atoms with E-state index in [1.54, 1.807) is 0 Å². The quantitative estimate of drug-likeness (QED) is 0.839. The highest BCUT2D eigenvalue weighted by molar-refractivity contribution is 6.30. The Hall–Kier alpha value is -1.20. The van der Waals surface area contributed by atoms with Crippen LogP contribution < -0.4 is 0 Å². The first kappa shape index (κ1) is 12.9. The molecule has 0 spiro atoms. The van der Waals surface area contributed by atoms with Gasteiger partial charge in [-0.25, -0.2) is 13.6 Å². The average Bonchev–Trinajstić information content (AvgIpc) is 2.26. The second-order valence-corrected chi connectivity index (χ2v) is 3.44. The number of rotatable bonds is 3. The third-order valence-electron chi connectivity index (χ3n) is 2.00. The van der Waals surface area contributed by atoms with Crippen molar-refractivity contribution in [3.63, 3.8) is 0 Å². The monoisotopic (exact) mass is 250 g/mol. The molecule has 0 aliphatic heterocycles. The van der Waals surface area contributed by atoms with Crippen LogP contribution >= 0.6 is 11.6 Å². The number of hydrogen-bond acceptors (Lipinski definition) is 3. The first-order valence-corrected chi connectivity index (χ1v) is 4.68. The van der Waals surface area contributed by atoms with Crippen molar-refractivity contribution in [2.75, 3.05) is 7.11 Å². The van der Waals surface area contributed by atoms with E-state index < -0.39 is 24.1 Å². The van der Waals surface area contributed by atoms with Gasteiger partial charge < -0.3 is 9.84 Å². The summed E-state index contributed by atoms with van der Waals surface area (Å²) in [5.74, 6) is -1.01. The number of esters is 1. The zero-order chi connectivity index (χ0) is 12.3. The number of carbonyl (C=O) groups excluding carboxylic acids is 1. The number of halogens is 3. The van der Waals surface area contributed by atoms with Crippen molar-refractivity contribution < 1.29 is 23.4 Å². The molecule has 3 nitrogen and oxygen atoms in total. The van der Waals surface area contributed by atoms with Crippen molar-refractivity contribution in [1.29, 1.82) is 0 Å². The molecule has 0 aliphatic rings. The Labute approximate surface area is 95.6 Å². The zero-order valence-corrected chi connectivity index (χ0v) is 9.04. The van der Waals surface area contributed by atoms with Crippen LogP contribution in [0.4, 0.5) is 8.78 Å². The fourth-order valence-electron chi connectivity index (χ4n) is 1.22. The molecule has 0 radical (unpaired) electrons. The van der Waals surface area contributed by atoms with E-state index in [0.29, 0.717) is 0 Å². The number of alkyl halides is 2. The summed E-state index contributed by atoms with van der Waals surface area (Å²) in [6, 6.07) is 3.44. The Morgan fingerprint density at radius 3 is 2.56 bits per heavy atom. The Kier molecular flexibility index (Phi) is 4.20. The summed E-state index contributed by atoms with van der Waals surface area (Å²) in [5.41, 5.74) is -0.684. The van der Waals surface area contributed by atoms with E-state index in [9.17, 15) is 18.7 Å². The van der Waals surface area contributed by atoms with Crippen LogP contribution in [0.2, 0.25) is 5.02 Å². The maximum absolute atomic E-state index is 12.6. The zero-order valence-electron chi connectivity index (χ0n) is 8.28. The number of ether oxygens (including phenoxy) is 1. The van der Waals surface area contributed by atoms with Crippen LogP contribution in [-0.4, -0.2) is 18.2 Å². The van der Waals surface area contributed by atoms with Gasteiger partial charge in [-0.2, -0.15) is 0 Å². The lowest BCUT2D eigenvalue weighted by molar-refractivity contribution is -0.150. The summed E-state index contributed by atoms with van der Waals surface area (Å²) in [5, 5.41) is 9.63. The lowest BCUT2D eigenvalue weighted by Crippen LogP contribution is -2.15. The maximum atomic E-state index is 12.6. The van der Waals surface area contributed by atoms with Gasteiger partial charge in [0.25, 0.3) is 6.43 Å². The van der Waals surface area contributed by atoms with Crippen LogP contribution in [0, 0.1) is 0 Å². The van der Waals surface area contributed by atoms with E-state index in [2.05, 4.69) is 4.74 Å². The molecular weight excluding hydrogens is 242 g/mol. The SMILES string of the molecule is COC(=O)C(O)c1cc(Cl)ccc1C(F)F. The van der Waals surface area contributed by atoms with Crippen molar-refractivity contribution in [3.05, 3.63) is 34.3 Å². The van der Waals surface area contributed by atoms with E-state index in [4.69, 9.17) is 11.6 Å². The van der Waals surface area contributed by atoms with Gasteiger partial charge in [-0.05, 0) is 12.1 Å². The molecule has 0 amide bonds. The van der Waals surface area contributed by atoms with Crippen molar-refractivity contribution in [2.24, 2.45) is 0 Å². The molecule has 1 unspecified atom stereocenters. The van der Waals surface area contributed by atoms with E-state index in [0.717, 1.165) is 19.2 Å². The summed E-state index contributed by atoms with van der Waals surface area (Å²) in [7, 11) is 1.05. The van der Waals surface area contributed by atoms with Gasteiger partial charge in [0, 0.05) is 16.1 Å². The van der Waals surface area contributed by atoms with Crippen molar-refractivity contribution >= 4 is 17.6 Å². The average molecular weight is 251 g/mol.